The minimum Gasteiger partial charge on any atom is -0.475 e. The third-order valence-electron chi connectivity index (χ3n) is 1.69. The maximum Gasteiger partial charge on any atom is 0.490 e. The van der Waals surface area contributed by atoms with Crippen LogP contribution in [0.4, 0.5) is 13.2 Å². The molecule has 0 fully saturated rings. The quantitative estimate of drug-likeness (QED) is 0.723. The van der Waals surface area contributed by atoms with E-state index < -0.39 is 33.6 Å². The molecule has 1 aliphatic rings. The summed E-state index contributed by atoms with van der Waals surface area (Å²) in [4.78, 5) is 20.0. The number of carbonyl (C=O) groups is 2. The highest BCUT2D eigenvalue weighted by atomic mass is 32.2. The molecule has 0 atom stereocenters. The van der Waals surface area contributed by atoms with Gasteiger partial charge < -0.3 is 5.11 Å². The summed E-state index contributed by atoms with van der Waals surface area (Å²) in [5.74, 6) is -3.23. The van der Waals surface area contributed by atoms with Crippen molar-refractivity contribution in [2.75, 3.05) is 0 Å². The van der Waals surface area contributed by atoms with Gasteiger partial charge in [-0.1, -0.05) is 0 Å². The first-order valence-electron chi connectivity index (χ1n) is 4.77. The van der Waals surface area contributed by atoms with Crippen LogP contribution in [0.2, 0.25) is 0 Å². The first-order chi connectivity index (χ1) is 8.19. The number of carbonyl (C=O) groups excluding carboxylic acids is 1. The third kappa shape index (κ3) is 4.89. The summed E-state index contributed by atoms with van der Waals surface area (Å²) in [6.07, 6.45) is -4.01. The summed E-state index contributed by atoms with van der Waals surface area (Å²) >= 11 is 0. The minimum atomic E-state index is -5.08. The number of carboxylic acids is 1. The van der Waals surface area contributed by atoms with Crippen LogP contribution in [0, 0.1) is 0 Å². The summed E-state index contributed by atoms with van der Waals surface area (Å²) in [5.41, 5.74) is -0.681. The standard InChI is InChI=1S/C7H11NO3S.C2HF3O2/c1-7(2,3)8-6(9)4-5-12(8,10)11;3-2(4,5)1(6)7/h4-5H,1-3H3;(H,6,7). The molecule has 0 aromatic carbocycles. The van der Waals surface area contributed by atoms with E-state index in [0.717, 1.165) is 15.8 Å². The summed E-state index contributed by atoms with van der Waals surface area (Å²) in [5, 5.41) is 8.06. The van der Waals surface area contributed by atoms with Gasteiger partial charge in [-0.15, -0.1) is 0 Å². The maximum absolute atomic E-state index is 11.2. The Bertz CT molecular complexity index is 501. The van der Waals surface area contributed by atoms with Crippen LogP contribution < -0.4 is 0 Å². The Morgan fingerprint density at radius 1 is 1.26 bits per heavy atom. The molecule has 0 saturated heterocycles. The second-order valence-electron chi connectivity index (χ2n) is 4.42. The number of hydrogen-bond donors (Lipinski definition) is 1. The van der Waals surface area contributed by atoms with Gasteiger partial charge in [0.25, 0.3) is 15.9 Å². The van der Waals surface area contributed by atoms with Gasteiger partial charge in [0.2, 0.25) is 0 Å². The predicted molar refractivity (Wildman–Crippen MR) is 58.3 cm³/mol. The molecule has 10 heteroatoms. The number of alkyl halides is 3. The fourth-order valence-electron chi connectivity index (χ4n) is 1.11. The molecule has 0 aliphatic carbocycles. The molecule has 1 rings (SSSR count). The number of nitrogens with zero attached hydrogens (tertiary/aromatic N) is 1. The highest BCUT2D eigenvalue weighted by Gasteiger charge is 2.38. The molecule has 1 heterocycles. The average molecular weight is 303 g/mol. The van der Waals surface area contributed by atoms with Gasteiger partial charge >= 0.3 is 12.1 Å². The van der Waals surface area contributed by atoms with Crippen molar-refractivity contribution < 1.29 is 36.3 Å². The Morgan fingerprint density at radius 3 is 1.74 bits per heavy atom. The zero-order valence-corrected chi connectivity index (χ0v) is 11.0. The van der Waals surface area contributed by atoms with Gasteiger partial charge in [-0.25, -0.2) is 17.5 Å². The van der Waals surface area contributed by atoms with Gasteiger partial charge in [-0.3, -0.25) is 4.79 Å². The Hall–Kier alpha value is -1.58. The van der Waals surface area contributed by atoms with E-state index >= 15 is 0 Å². The van der Waals surface area contributed by atoms with Gasteiger partial charge in [0, 0.05) is 6.08 Å². The van der Waals surface area contributed by atoms with Crippen molar-refractivity contribution in [1.29, 1.82) is 0 Å². The second kappa shape index (κ2) is 5.19. The van der Waals surface area contributed by atoms with Crippen molar-refractivity contribution in [3.8, 4) is 0 Å². The van der Waals surface area contributed by atoms with E-state index in [1.165, 1.54) is 0 Å². The van der Waals surface area contributed by atoms with Crippen molar-refractivity contribution in [2.24, 2.45) is 0 Å². The number of carboxylic acid groups (broad SMARTS) is 1. The van der Waals surface area contributed by atoms with E-state index in [-0.39, 0.29) is 0 Å². The number of halogens is 3. The Kier molecular flexibility index (Phi) is 4.76. The lowest BCUT2D eigenvalue weighted by atomic mass is 10.1. The van der Waals surface area contributed by atoms with Gasteiger partial charge in [0.05, 0.1) is 10.9 Å². The van der Waals surface area contributed by atoms with Crippen LogP contribution in [0.3, 0.4) is 0 Å². The number of amides is 1. The molecule has 1 aliphatic heterocycles. The monoisotopic (exact) mass is 303 g/mol. The lowest BCUT2D eigenvalue weighted by molar-refractivity contribution is -0.192. The molecular weight excluding hydrogens is 291 g/mol. The molecule has 19 heavy (non-hydrogen) atoms. The Balaban J connectivity index is 0.000000399. The molecule has 0 unspecified atom stereocenters. The predicted octanol–water partition coefficient (Wildman–Crippen LogP) is 1.10. The van der Waals surface area contributed by atoms with Crippen LogP contribution in [0.1, 0.15) is 20.8 Å². The highest BCUT2D eigenvalue weighted by Crippen LogP contribution is 2.23. The maximum atomic E-state index is 11.2. The lowest BCUT2D eigenvalue weighted by Crippen LogP contribution is -2.45. The zero-order chi connectivity index (χ0) is 15.6. The van der Waals surface area contributed by atoms with Crippen LogP contribution >= 0.6 is 0 Å². The summed E-state index contributed by atoms with van der Waals surface area (Å²) < 4.78 is 55.1. The minimum absolute atomic E-state index is 0.470. The first kappa shape index (κ1) is 17.4. The Morgan fingerprint density at radius 2 is 1.63 bits per heavy atom. The molecule has 1 N–H and O–H groups in total. The van der Waals surface area contributed by atoms with Crippen molar-refractivity contribution in [1.82, 2.24) is 4.31 Å². The van der Waals surface area contributed by atoms with E-state index in [1.54, 1.807) is 20.8 Å². The van der Waals surface area contributed by atoms with E-state index in [1.807, 2.05) is 0 Å². The van der Waals surface area contributed by atoms with Crippen LogP contribution in [0.15, 0.2) is 11.5 Å². The van der Waals surface area contributed by atoms with Crippen molar-refractivity contribution >= 4 is 21.9 Å². The molecule has 0 aromatic rings. The summed E-state index contributed by atoms with van der Waals surface area (Å²) in [7, 11) is -3.49. The number of rotatable bonds is 0. The molecular formula is C9H12F3NO5S. The average Bonchev–Trinajstić information content (AvgIpc) is 2.38. The van der Waals surface area contributed by atoms with Gasteiger partial charge in [0.1, 0.15) is 0 Å². The topological polar surface area (TPSA) is 91.8 Å². The molecule has 0 aromatic heterocycles. The first-order valence-corrected chi connectivity index (χ1v) is 6.27. The number of sulfonamides is 1. The normalized spacial score (nSPS) is 18.0. The Labute approximate surface area is 107 Å². The molecule has 0 radical (unpaired) electrons. The van der Waals surface area contributed by atoms with Crippen molar-refractivity contribution in [3.63, 3.8) is 0 Å². The number of hydrogen-bond acceptors (Lipinski definition) is 4. The zero-order valence-electron chi connectivity index (χ0n) is 10.2. The largest absolute Gasteiger partial charge is 0.490 e. The molecule has 6 nitrogen and oxygen atoms in total. The summed E-state index contributed by atoms with van der Waals surface area (Å²) in [6.45, 7) is 5.03. The fourth-order valence-corrected chi connectivity index (χ4v) is 2.60. The molecule has 1 amide bonds. The van der Waals surface area contributed by atoms with Crippen LogP contribution in [0.5, 0.6) is 0 Å². The molecule has 110 valence electrons. The van der Waals surface area contributed by atoms with Crippen molar-refractivity contribution in [2.45, 2.75) is 32.5 Å². The molecule has 0 saturated carbocycles. The van der Waals surface area contributed by atoms with E-state index in [0.29, 0.717) is 0 Å². The van der Waals surface area contributed by atoms with Gasteiger partial charge in [-0.05, 0) is 20.8 Å². The summed E-state index contributed by atoms with van der Waals surface area (Å²) in [6, 6.07) is 0. The lowest BCUT2D eigenvalue weighted by Gasteiger charge is -2.29. The van der Waals surface area contributed by atoms with Crippen LogP contribution in [-0.4, -0.2) is 41.4 Å². The van der Waals surface area contributed by atoms with Crippen LogP contribution in [0.25, 0.3) is 0 Å². The fraction of sp³-hybridized carbons (Fsp3) is 0.556. The van der Waals surface area contributed by atoms with E-state index in [4.69, 9.17) is 9.90 Å². The molecule has 0 bridgehead atoms. The smallest absolute Gasteiger partial charge is 0.475 e. The number of aliphatic carboxylic acids is 1. The third-order valence-corrected chi connectivity index (χ3v) is 3.41. The van der Waals surface area contributed by atoms with E-state index in [2.05, 4.69) is 0 Å². The van der Waals surface area contributed by atoms with E-state index in [9.17, 15) is 26.4 Å². The van der Waals surface area contributed by atoms with Gasteiger partial charge in [-0.2, -0.15) is 13.2 Å². The SMILES string of the molecule is CC(C)(C)N1C(=O)C=CS1(=O)=O.O=C(O)C(F)(F)F. The van der Waals surface area contributed by atoms with Crippen LogP contribution in [-0.2, 0) is 19.6 Å². The highest BCUT2D eigenvalue weighted by molar-refractivity contribution is 7.93. The van der Waals surface area contributed by atoms with Crippen molar-refractivity contribution in [3.05, 3.63) is 11.5 Å². The van der Waals surface area contributed by atoms with Gasteiger partial charge in [0.15, 0.2) is 0 Å². The second-order valence-corrected chi connectivity index (χ2v) is 6.09. The molecule has 0 spiro atoms.